The Balaban J connectivity index is 1.55. The number of carbonyl (C=O) groups excluding carboxylic acids is 2. The highest BCUT2D eigenvalue weighted by Crippen LogP contribution is 2.44. The molecule has 1 aliphatic heterocycles. The maximum Gasteiger partial charge on any atom is 0.148 e. The third kappa shape index (κ3) is 2.26. The van der Waals surface area contributed by atoms with Gasteiger partial charge in [-0.15, -0.1) is 0 Å². The van der Waals surface area contributed by atoms with Gasteiger partial charge in [0.15, 0.2) is 0 Å². The van der Waals surface area contributed by atoms with E-state index in [1.807, 2.05) is 0 Å². The van der Waals surface area contributed by atoms with Crippen LogP contribution in [0.1, 0.15) is 57.8 Å². The second-order valence-electron chi connectivity index (χ2n) is 7.93. The Morgan fingerprint density at radius 1 is 0.864 bits per heavy atom. The lowest BCUT2D eigenvalue weighted by Gasteiger charge is -2.44. The molecule has 0 aromatic heterocycles. The van der Waals surface area contributed by atoms with E-state index in [-0.39, 0.29) is 29.4 Å². The Bertz CT molecular complexity index is 453. The minimum atomic E-state index is -0.578. The molecule has 2 N–H and O–H groups in total. The van der Waals surface area contributed by atoms with Crippen molar-refractivity contribution >= 4 is 11.6 Å². The molecule has 0 radical (unpaired) electrons. The van der Waals surface area contributed by atoms with E-state index in [0.29, 0.717) is 12.0 Å². The first kappa shape index (κ1) is 14.8. The number of nitrogens with one attached hydrogen (secondary N) is 1. The molecule has 0 amide bonds. The van der Waals surface area contributed by atoms with Gasteiger partial charge < -0.3 is 10.4 Å². The van der Waals surface area contributed by atoms with Gasteiger partial charge in [0.2, 0.25) is 0 Å². The average Bonchev–Trinajstić information content (AvgIpc) is 2.79. The fraction of sp³-hybridized carbons (Fsp3) is 0.889. The summed E-state index contributed by atoms with van der Waals surface area (Å²) in [7, 11) is 0. The molecule has 4 heteroatoms. The Morgan fingerprint density at radius 2 is 1.45 bits per heavy atom. The minimum Gasteiger partial charge on any atom is -0.391 e. The summed E-state index contributed by atoms with van der Waals surface area (Å²) in [5, 5.41) is 14.1. The van der Waals surface area contributed by atoms with E-state index in [9.17, 15) is 14.7 Å². The second-order valence-corrected chi connectivity index (χ2v) is 7.93. The first-order valence-electron chi connectivity index (χ1n) is 9.18. The third-order valence-corrected chi connectivity index (χ3v) is 6.74. The summed E-state index contributed by atoms with van der Waals surface area (Å²) < 4.78 is 0. The van der Waals surface area contributed by atoms with Crippen LogP contribution in [0, 0.1) is 23.7 Å². The van der Waals surface area contributed by atoms with Gasteiger partial charge in [-0.2, -0.15) is 0 Å². The molecule has 0 spiro atoms. The highest BCUT2D eigenvalue weighted by atomic mass is 16.3. The van der Waals surface area contributed by atoms with E-state index in [2.05, 4.69) is 5.32 Å². The molecule has 6 atom stereocenters. The normalized spacial score (nSPS) is 48.9. The molecule has 0 aromatic carbocycles. The van der Waals surface area contributed by atoms with Gasteiger partial charge in [0.05, 0.1) is 12.0 Å². The molecule has 3 aliphatic carbocycles. The van der Waals surface area contributed by atoms with Crippen LogP contribution in [0.2, 0.25) is 0 Å². The van der Waals surface area contributed by atoms with Crippen molar-refractivity contribution in [2.24, 2.45) is 23.7 Å². The highest BCUT2D eigenvalue weighted by Gasteiger charge is 2.55. The number of aliphatic hydroxyl groups excluding tert-OH is 1. The Morgan fingerprint density at radius 3 is 2.14 bits per heavy atom. The van der Waals surface area contributed by atoms with Crippen molar-refractivity contribution < 1.29 is 14.7 Å². The molecule has 4 fully saturated rings. The van der Waals surface area contributed by atoms with Gasteiger partial charge in [0, 0.05) is 23.9 Å². The fourth-order valence-corrected chi connectivity index (χ4v) is 5.61. The van der Waals surface area contributed by atoms with E-state index in [0.717, 1.165) is 38.5 Å². The molecular formula is C18H27NO3. The maximum absolute atomic E-state index is 12.8. The van der Waals surface area contributed by atoms with Crippen molar-refractivity contribution in [2.45, 2.75) is 76.0 Å². The van der Waals surface area contributed by atoms with Crippen LogP contribution in [0.5, 0.6) is 0 Å². The first-order chi connectivity index (χ1) is 10.7. The number of Topliss-reactive ketones (excluding diaryl/α,β-unsaturated/α-hetero) is 2. The Labute approximate surface area is 132 Å². The summed E-state index contributed by atoms with van der Waals surface area (Å²) in [5.41, 5.74) is 0. The molecule has 1 heterocycles. The van der Waals surface area contributed by atoms with E-state index in [4.69, 9.17) is 0 Å². The summed E-state index contributed by atoms with van der Waals surface area (Å²) in [6.45, 7) is 0. The zero-order chi connectivity index (χ0) is 15.3. The summed E-state index contributed by atoms with van der Waals surface area (Å²) >= 11 is 0. The van der Waals surface area contributed by atoms with Crippen molar-refractivity contribution in [3.63, 3.8) is 0 Å². The van der Waals surface area contributed by atoms with Crippen LogP contribution in [0.4, 0.5) is 0 Å². The van der Waals surface area contributed by atoms with E-state index < -0.39 is 12.0 Å². The lowest BCUT2D eigenvalue weighted by Crippen LogP contribution is -2.60. The van der Waals surface area contributed by atoms with Crippen LogP contribution in [-0.2, 0) is 9.59 Å². The monoisotopic (exact) mass is 305 g/mol. The Hall–Kier alpha value is -0.740. The van der Waals surface area contributed by atoms with E-state index in [1.165, 1.54) is 19.3 Å². The molecule has 6 unspecified atom stereocenters. The largest absolute Gasteiger partial charge is 0.391 e. The molecule has 3 saturated carbocycles. The molecule has 122 valence electrons. The van der Waals surface area contributed by atoms with Crippen LogP contribution in [0.15, 0.2) is 0 Å². The molecule has 1 saturated heterocycles. The molecular weight excluding hydrogens is 278 g/mol. The lowest BCUT2D eigenvalue weighted by molar-refractivity contribution is -0.132. The molecule has 0 bridgehead atoms. The average molecular weight is 305 g/mol. The van der Waals surface area contributed by atoms with Crippen LogP contribution in [0.3, 0.4) is 0 Å². The van der Waals surface area contributed by atoms with Crippen LogP contribution in [-0.4, -0.2) is 34.9 Å². The fourth-order valence-electron chi connectivity index (χ4n) is 5.61. The van der Waals surface area contributed by atoms with Gasteiger partial charge in [-0.1, -0.05) is 25.7 Å². The van der Waals surface area contributed by atoms with E-state index in [1.54, 1.807) is 0 Å². The molecule has 0 aromatic rings. The van der Waals surface area contributed by atoms with Crippen LogP contribution in [0.25, 0.3) is 0 Å². The standard InChI is InChI=1S/C18H27NO3/c20-14-9-10-5-1-4-8-13(10)19-16(14)15-17(21)11-6-2-3-7-12(11)18(15)22/h10-16,19-20H,1-9H2. The van der Waals surface area contributed by atoms with Crippen molar-refractivity contribution in [3.05, 3.63) is 0 Å². The molecule has 4 rings (SSSR count). The van der Waals surface area contributed by atoms with Crippen molar-refractivity contribution in [3.8, 4) is 0 Å². The molecule has 4 aliphatic rings. The van der Waals surface area contributed by atoms with E-state index >= 15 is 0 Å². The summed E-state index contributed by atoms with van der Waals surface area (Å²) in [5.74, 6) is 0.0922. The topological polar surface area (TPSA) is 66.4 Å². The maximum atomic E-state index is 12.8. The van der Waals surface area contributed by atoms with Gasteiger partial charge in [-0.25, -0.2) is 0 Å². The number of aliphatic hydroxyl groups is 1. The lowest BCUT2D eigenvalue weighted by atomic mass is 9.73. The van der Waals surface area contributed by atoms with Gasteiger partial charge >= 0.3 is 0 Å². The van der Waals surface area contributed by atoms with Crippen molar-refractivity contribution in [1.29, 1.82) is 0 Å². The number of hydrogen-bond acceptors (Lipinski definition) is 4. The minimum absolute atomic E-state index is 0.0515. The van der Waals surface area contributed by atoms with Gasteiger partial charge in [-0.05, 0) is 38.0 Å². The van der Waals surface area contributed by atoms with Gasteiger partial charge in [-0.3, -0.25) is 9.59 Å². The van der Waals surface area contributed by atoms with Crippen molar-refractivity contribution in [2.75, 3.05) is 0 Å². The third-order valence-electron chi connectivity index (χ3n) is 6.74. The number of carbonyl (C=O) groups is 2. The van der Waals surface area contributed by atoms with Crippen molar-refractivity contribution in [1.82, 2.24) is 5.32 Å². The smallest absolute Gasteiger partial charge is 0.148 e. The summed E-state index contributed by atoms with van der Waals surface area (Å²) in [4.78, 5) is 25.6. The first-order valence-corrected chi connectivity index (χ1v) is 9.18. The summed E-state index contributed by atoms with van der Waals surface area (Å²) in [6, 6.07) is 0.0651. The molecule has 4 nitrogen and oxygen atoms in total. The van der Waals surface area contributed by atoms with Gasteiger partial charge in [0.1, 0.15) is 11.6 Å². The Kier molecular flexibility index (Phi) is 3.85. The predicted octanol–water partition coefficient (Wildman–Crippen LogP) is 1.84. The predicted molar refractivity (Wildman–Crippen MR) is 82.2 cm³/mol. The highest BCUT2D eigenvalue weighted by molar-refractivity contribution is 6.12. The number of ketones is 2. The zero-order valence-corrected chi connectivity index (χ0v) is 13.2. The number of rotatable bonds is 1. The quantitative estimate of drug-likeness (QED) is 0.726. The number of hydrogen-bond donors (Lipinski definition) is 2. The van der Waals surface area contributed by atoms with Crippen LogP contribution >= 0.6 is 0 Å². The zero-order valence-electron chi connectivity index (χ0n) is 13.2. The number of piperidine rings is 1. The van der Waals surface area contributed by atoms with Crippen LogP contribution < -0.4 is 5.32 Å². The van der Waals surface area contributed by atoms with Gasteiger partial charge in [0.25, 0.3) is 0 Å². The SMILES string of the molecule is O=C1C2CCCCC2C(=O)C1C1NC2CCCCC2CC1O. The summed E-state index contributed by atoms with van der Waals surface area (Å²) in [6.07, 6.45) is 8.85. The molecule has 22 heavy (non-hydrogen) atoms. The number of fused-ring (bicyclic) bond motifs is 2. The second kappa shape index (κ2) is 5.72.